The molecule has 34 heavy (non-hydrogen) atoms. The number of anilines is 2. The molecule has 1 amide bonds. The number of rotatable bonds is 6. The van der Waals surface area contributed by atoms with Gasteiger partial charge in [-0.15, -0.1) is 0 Å². The molecule has 7 nitrogen and oxygen atoms in total. The van der Waals surface area contributed by atoms with Crippen molar-refractivity contribution >= 4 is 28.4 Å². The van der Waals surface area contributed by atoms with Crippen LogP contribution in [0.25, 0.3) is 22.2 Å². The summed E-state index contributed by atoms with van der Waals surface area (Å²) in [4.78, 5) is 11.9. The van der Waals surface area contributed by atoms with Crippen molar-refractivity contribution in [1.29, 1.82) is 0 Å². The number of amides is 1. The van der Waals surface area contributed by atoms with E-state index >= 15 is 0 Å². The Morgan fingerprint density at radius 3 is 2.47 bits per heavy atom. The van der Waals surface area contributed by atoms with Crippen molar-refractivity contribution in [2.75, 3.05) is 24.3 Å². The number of aromatic nitrogens is 1. The molecule has 2 fully saturated rings. The minimum Gasteiger partial charge on any atom is -0.490 e. The van der Waals surface area contributed by atoms with E-state index in [1.807, 2.05) is 38.1 Å². The van der Waals surface area contributed by atoms with E-state index in [0.29, 0.717) is 11.7 Å². The zero-order valence-corrected chi connectivity index (χ0v) is 19.9. The van der Waals surface area contributed by atoms with Gasteiger partial charge in [0.1, 0.15) is 11.9 Å². The molecule has 7 heteroatoms. The summed E-state index contributed by atoms with van der Waals surface area (Å²) < 4.78 is 19.3. The molecule has 0 spiro atoms. The second kappa shape index (κ2) is 9.58. The van der Waals surface area contributed by atoms with Crippen LogP contribution in [-0.2, 0) is 9.47 Å². The number of nitrogens with two attached hydrogens (primary N) is 1. The molecule has 2 aliphatic rings. The summed E-state index contributed by atoms with van der Waals surface area (Å²) in [6.45, 7) is 5.14. The highest BCUT2D eigenvalue weighted by Crippen LogP contribution is 2.45. The number of hydrogen-bond donors (Lipinski definition) is 2. The van der Waals surface area contributed by atoms with E-state index in [-0.39, 0.29) is 12.2 Å². The van der Waals surface area contributed by atoms with Crippen LogP contribution in [0, 0.1) is 0 Å². The average Bonchev–Trinajstić information content (AvgIpc) is 3.05. The summed E-state index contributed by atoms with van der Waals surface area (Å²) in [5.74, 6) is 0.853. The molecule has 3 aromatic rings. The number of ether oxygens (including phenoxy) is 3. The number of benzene rings is 2. The molecular formula is C27H33N3O4. The summed E-state index contributed by atoms with van der Waals surface area (Å²) >= 11 is 0. The lowest BCUT2D eigenvalue weighted by Gasteiger charge is -2.30. The number of fused-ring (bicyclic) bond motifs is 1. The van der Waals surface area contributed by atoms with Crippen LogP contribution in [0.3, 0.4) is 0 Å². The summed E-state index contributed by atoms with van der Waals surface area (Å²) in [6, 6.07) is 14.5. The van der Waals surface area contributed by atoms with Crippen molar-refractivity contribution < 1.29 is 19.0 Å². The average molecular weight is 464 g/mol. The van der Waals surface area contributed by atoms with E-state index in [4.69, 9.17) is 19.9 Å². The third-order valence-corrected chi connectivity index (χ3v) is 6.67. The fourth-order valence-electron chi connectivity index (χ4n) is 4.77. The maximum absolute atomic E-state index is 11.9. The fraction of sp³-hybridized carbons (Fsp3) is 0.444. The van der Waals surface area contributed by atoms with Gasteiger partial charge in [-0.2, -0.15) is 0 Å². The Balaban J connectivity index is 1.47. The van der Waals surface area contributed by atoms with Crippen molar-refractivity contribution in [2.45, 2.75) is 64.2 Å². The summed E-state index contributed by atoms with van der Waals surface area (Å²) in [6.07, 6.45) is 4.91. The van der Waals surface area contributed by atoms with Crippen molar-refractivity contribution in [3.8, 4) is 17.0 Å². The van der Waals surface area contributed by atoms with Gasteiger partial charge in [0.05, 0.1) is 36.2 Å². The number of carbonyl (C=O) groups excluding carboxylic acids is 1. The lowest BCUT2D eigenvalue weighted by atomic mass is 9.92. The summed E-state index contributed by atoms with van der Waals surface area (Å²) in [5, 5.41) is 3.80. The van der Waals surface area contributed by atoms with E-state index in [1.54, 1.807) is 0 Å². The Bertz CT molecular complexity index is 1160. The zero-order valence-electron chi connectivity index (χ0n) is 19.9. The molecule has 1 aromatic heterocycles. The predicted octanol–water partition coefficient (Wildman–Crippen LogP) is 6.13. The second-order valence-electron chi connectivity index (χ2n) is 9.48. The maximum Gasteiger partial charge on any atom is 0.411 e. The normalized spacial score (nSPS) is 17.0. The predicted molar refractivity (Wildman–Crippen MR) is 134 cm³/mol. The van der Waals surface area contributed by atoms with Gasteiger partial charge in [0.25, 0.3) is 0 Å². The molecule has 1 saturated carbocycles. The van der Waals surface area contributed by atoms with Gasteiger partial charge in [0.15, 0.2) is 0 Å². The highest BCUT2D eigenvalue weighted by molar-refractivity contribution is 6.02. The third-order valence-electron chi connectivity index (χ3n) is 6.67. The molecule has 0 bridgehead atoms. The molecule has 1 saturated heterocycles. The van der Waals surface area contributed by atoms with Gasteiger partial charge in [-0.25, -0.2) is 4.79 Å². The van der Waals surface area contributed by atoms with Gasteiger partial charge < -0.3 is 24.5 Å². The minimum absolute atomic E-state index is 0.169. The van der Waals surface area contributed by atoms with Crippen LogP contribution in [0.15, 0.2) is 42.5 Å². The first-order valence-electron chi connectivity index (χ1n) is 12.3. The van der Waals surface area contributed by atoms with Crippen molar-refractivity contribution in [1.82, 2.24) is 4.57 Å². The van der Waals surface area contributed by atoms with Gasteiger partial charge in [-0.05, 0) is 63.4 Å². The largest absolute Gasteiger partial charge is 0.490 e. The van der Waals surface area contributed by atoms with Crippen molar-refractivity contribution in [2.24, 2.45) is 0 Å². The molecule has 2 heterocycles. The number of nitrogen functional groups attached to an aromatic ring is 1. The standard InChI is InChI=1S/C27H33N3O4/c1-17(2)33-27(31)29-19-8-6-18(7-9-19)26-25(28)23-16-22(34-21-12-14-32-15-13-21)10-11-24(23)30(26)20-4-3-5-20/h6-11,16-17,20-21H,3-5,12-15,28H2,1-2H3,(H,29,31). The summed E-state index contributed by atoms with van der Waals surface area (Å²) in [5.41, 5.74) is 11.4. The molecular weight excluding hydrogens is 430 g/mol. The summed E-state index contributed by atoms with van der Waals surface area (Å²) in [7, 11) is 0. The zero-order chi connectivity index (χ0) is 23.7. The molecule has 5 rings (SSSR count). The molecule has 1 aliphatic heterocycles. The van der Waals surface area contributed by atoms with E-state index in [2.05, 4.69) is 28.1 Å². The van der Waals surface area contributed by atoms with E-state index < -0.39 is 6.09 Å². The molecule has 2 aromatic carbocycles. The van der Waals surface area contributed by atoms with Gasteiger partial charge >= 0.3 is 6.09 Å². The second-order valence-corrected chi connectivity index (χ2v) is 9.48. The van der Waals surface area contributed by atoms with Gasteiger partial charge in [-0.1, -0.05) is 12.1 Å². The quantitative estimate of drug-likeness (QED) is 0.459. The first kappa shape index (κ1) is 22.6. The van der Waals surface area contributed by atoms with E-state index in [0.717, 1.165) is 72.5 Å². The fourth-order valence-corrected chi connectivity index (χ4v) is 4.77. The Kier molecular flexibility index (Phi) is 6.37. The number of carbonyl (C=O) groups is 1. The van der Waals surface area contributed by atoms with Crippen LogP contribution in [-0.4, -0.2) is 36.1 Å². The highest BCUT2D eigenvalue weighted by atomic mass is 16.6. The van der Waals surface area contributed by atoms with E-state index in [1.165, 1.54) is 6.42 Å². The maximum atomic E-state index is 11.9. The topological polar surface area (TPSA) is 87.7 Å². The van der Waals surface area contributed by atoms with Crippen LogP contribution >= 0.6 is 0 Å². The molecule has 180 valence electrons. The SMILES string of the molecule is CC(C)OC(=O)Nc1ccc(-c2c(N)c3cc(OC4CCOCC4)ccc3n2C2CCC2)cc1. The Labute approximate surface area is 200 Å². The van der Waals surface area contributed by atoms with Gasteiger partial charge in [0, 0.05) is 35.5 Å². The van der Waals surface area contributed by atoms with Crippen molar-refractivity contribution in [3.05, 3.63) is 42.5 Å². The molecule has 0 unspecified atom stereocenters. The number of hydrogen-bond acceptors (Lipinski definition) is 5. The molecule has 0 atom stereocenters. The minimum atomic E-state index is -0.456. The Morgan fingerprint density at radius 1 is 1.09 bits per heavy atom. The van der Waals surface area contributed by atoms with Crippen molar-refractivity contribution in [3.63, 3.8) is 0 Å². The lowest BCUT2D eigenvalue weighted by Crippen LogP contribution is -2.25. The first-order chi connectivity index (χ1) is 16.5. The lowest BCUT2D eigenvalue weighted by molar-refractivity contribution is 0.0256. The number of nitrogens with one attached hydrogen (secondary N) is 1. The van der Waals surface area contributed by atoms with E-state index in [9.17, 15) is 4.79 Å². The van der Waals surface area contributed by atoms with Gasteiger partial charge in [0.2, 0.25) is 0 Å². The van der Waals surface area contributed by atoms with Crippen LogP contribution in [0.4, 0.5) is 16.2 Å². The van der Waals surface area contributed by atoms with Crippen LogP contribution in [0.2, 0.25) is 0 Å². The first-order valence-corrected chi connectivity index (χ1v) is 12.3. The Morgan fingerprint density at radius 2 is 1.82 bits per heavy atom. The smallest absolute Gasteiger partial charge is 0.411 e. The molecule has 3 N–H and O–H groups in total. The van der Waals surface area contributed by atoms with Crippen LogP contribution in [0.1, 0.15) is 52.0 Å². The monoisotopic (exact) mass is 463 g/mol. The highest BCUT2D eigenvalue weighted by Gasteiger charge is 2.27. The van der Waals surface area contributed by atoms with Gasteiger partial charge in [-0.3, -0.25) is 5.32 Å². The molecule has 1 aliphatic carbocycles. The van der Waals surface area contributed by atoms with Crippen LogP contribution in [0.5, 0.6) is 5.75 Å². The molecule has 0 radical (unpaired) electrons. The third kappa shape index (κ3) is 4.57. The number of nitrogens with zero attached hydrogens (tertiary/aromatic N) is 1. The Hall–Kier alpha value is -3.19. The van der Waals surface area contributed by atoms with Crippen LogP contribution < -0.4 is 15.8 Å².